The van der Waals surface area contributed by atoms with Crippen LogP contribution in [0.15, 0.2) is 0 Å². The van der Waals surface area contributed by atoms with Crippen LogP contribution in [-0.4, -0.2) is 62.2 Å². The van der Waals surface area contributed by atoms with Gasteiger partial charge in [0.1, 0.15) is 0 Å². The van der Waals surface area contributed by atoms with Crippen LogP contribution in [0.5, 0.6) is 0 Å². The van der Waals surface area contributed by atoms with Gasteiger partial charge >= 0.3 is 0 Å². The summed E-state index contributed by atoms with van der Waals surface area (Å²) in [5, 5.41) is 3.45. The van der Waals surface area contributed by atoms with Gasteiger partial charge in [-0.2, -0.15) is 0 Å². The van der Waals surface area contributed by atoms with E-state index in [4.69, 9.17) is 0 Å². The number of hydrogen-bond donors (Lipinski definition) is 1. The van der Waals surface area contributed by atoms with Gasteiger partial charge in [0.15, 0.2) is 0 Å². The van der Waals surface area contributed by atoms with Crippen molar-refractivity contribution in [1.82, 2.24) is 15.1 Å². The highest BCUT2D eigenvalue weighted by atomic mass is 15.2. The molecule has 17 heavy (non-hydrogen) atoms. The van der Waals surface area contributed by atoms with Crippen LogP contribution in [0, 0.1) is 11.3 Å². The predicted molar refractivity (Wildman–Crippen MR) is 71.2 cm³/mol. The lowest BCUT2D eigenvalue weighted by molar-refractivity contribution is 0.134. The minimum Gasteiger partial charge on any atom is -0.315 e. The molecule has 0 aliphatic carbocycles. The first-order valence-electron chi connectivity index (χ1n) is 7.45. The Hall–Kier alpha value is -0.120. The van der Waals surface area contributed by atoms with Crippen LogP contribution in [0.3, 0.4) is 0 Å². The van der Waals surface area contributed by atoms with E-state index in [9.17, 15) is 0 Å². The van der Waals surface area contributed by atoms with Gasteiger partial charge in [0.05, 0.1) is 0 Å². The summed E-state index contributed by atoms with van der Waals surface area (Å²) >= 11 is 0. The molecule has 3 aliphatic rings. The van der Waals surface area contributed by atoms with Crippen LogP contribution >= 0.6 is 0 Å². The molecule has 1 N–H and O–H groups in total. The van der Waals surface area contributed by atoms with Crippen molar-refractivity contribution in [3.63, 3.8) is 0 Å². The summed E-state index contributed by atoms with van der Waals surface area (Å²) in [5.74, 6) is 0.973. The number of nitrogens with one attached hydrogen (secondary N) is 1. The van der Waals surface area contributed by atoms with E-state index in [0.29, 0.717) is 5.41 Å². The Morgan fingerprint density at radius 1 is 1.12 bits per heavy atom. The zero-order chi connectivity index (χ0) is 11.7. The minimum atomic E-state index is 0.685. The minimum absolute atomic E-state index is 0.685. The van der Waals surface area contributed by atoms with Gasteiger partial charge in [-0.1, -0.05) is 6.92 Å². The first kappa shape index (κ1) is 11.9. The Kier molecular flexibility index (Phi) is 3.42. The Morgan fingerprint density at radius 3 is 2.41 bits per heavy atom. The molecule has 0 bridgehead atoms. The number of piperidine rings is 1. The summed E-state index contributed by atoms with van der Waals surface area (Å²) in [6, 6.07) is 0. The normalized spacial score (nSPS) is 30.9. The molecule has 0 aromatic rings. The van der Waals surface area contributed by atoms with E-state index in [0.717, 1.165) is 5.92 Å². The fourth-order valence-electron chi connectivity index (χ4n) is 3.80. The van der Waals surface area contributed by atoms with Crippen LogP contribution in [-0.2, 0) is 0 Å². The van der Waals surface area contributed by atoms with Gasteiger partial charge in [-0.3, -0.25) is 0 Å². The highest BCUT2D eigenvalue weighted by Crippen LogP contribution is 2.34. The van der Waals surface area contributed by atoms with Crippen molar-refractivity contribution < 1.29 is 0 Å². The third-order valence-corrected chi connectivity index (χ3v) is 5.19. The van der Waals surface area contributed by atoms with Crippen LogP contribution in [0.25, 0.3) is 0 Å². The molecule has 3 heteroatoms. The molecule has 3 fully saturated rings. The number of rotatable bonds is 3. The first-order chi connectivity index (χ1) is 8.30. The second kappa shape index (κ2) is 4.87. The van der Waals surface area contributed by atoms with Crippen molar-refractivity contribution in [3.8, 4) is 0 Å². The molecule has 0 unspecified atom stereocenters. The maximum absolute atomic E-state index is 3.45. The Morgan fingerprint density at radius 2 is 1.88 bits per heavy atom. The van der Waals surface area contributed by atoms with Crippen molar-refractivity contribution in [2.75, 3.05) is 52.4 Å². The highest BCUT2D eigenvalue weighted by Gasteiger charge is 2.43. The van der Waals surface area contributed by atoms with Crippen molar-refractivity contribution >= 4 is 0 Å². The third-order valence-electron chi connectivity index (χ3n) is 5.19. The summed E-state index contributed by atoms with van der Waals surface area (Å²) in [7, 11) is 0. The zero-order valence-corrected chi connectivity index (χ0v) is 11.2. The van der Waals surface area contributed by atoms with Crippen molar-refractivity contribution in [2.45, 2.75) is 26.2 Å². The SMILES string of the molecule is CCN1CCC(CN2CCC3(CNC3)C2)CC1. The standard InChI is InChI=1S/C14H27N3/c1-2-16-6-3-13(4-7-16)9-17-8-5-14(12-17)10-15-11-14/h13,15H,2-12H2,1H3. The van der Waals surface area contributed by atoms with Crippen molar-refractivity contribution in [2.24, 2.45) is 11.3 Å². The van der Waals surface area contributed by atoms with Crippen LogP contribution in [0.1, 0.15) is 26.2 Å². The van der Waals surface area contributed by atoms with Gasteiger partial charge in [-0.05, 0) is 51.4 Å². The van der Waals surface area contributed by atoms with Gasteiger partial charge in [0, 0.05) is 31.6 Å². The number of likely N-dealkylation sites (tertiary alicyclic amines) is 2. The lowest BCUT2D eigenvalue weighted by Gasteiger charge is -2.40. The van der Waals surface area contributed by atoms with Crippen molar-refractivity contribution in [1.29, 1.82) is 0 Å². The molecule has 0 saturated carbocycles. The largest absolute Gasteiger partial charge is 0.315 e. The van der Waals surface area contributed by atoms with Gasteiger partial charge < -0.3 is 15.1 Å². The molecule has 3 aliphatic heterocycles. The lowest BCUT2D eigenvalue weighted by atomic mass is 9.81. The first-order valence-corrected chi connectivity index (χ1v) is 7.45. The van der Waals surface area contributed by atoms with Gasteiger partial charge in [-0.25, -0.2) is 0 Å². The molecular formula is C14H27N3. The van der Waals surface area contributed by atoms with E-state index >= 15 is 0 Å². The van der Waals surface area contributed by atoms with Crippen LogP contribution < -0.4 is 5.32 Å². The fourth-order valence-corrected chi connectivity index (χ4v) is 3.80. The summed E-state index contributed by atoms with van der Waals surface area (Å²) in [5.41, 5.74) is 0.685. The van der Waals surface area contributed by atoms with Crippen LogP contribution in [0.2, 0.25) is 0 Å². The van der Waals surface area contributed by atoms with Crippen molar-refractivity contribution in [3.05, 3.63) is 0 Å². The molecule has 3 saturated heterocycles. The molecule has 0 amide bonds. The molecule has 0 radical (unpaired) electrons. The second-order valence-electron chi connectivity index (χ2n) is 6.47. The monoisotopic (exact) mass is 237 g/mol. The smallest absolute Gasteiger partial charge is 0.00918 e. The molecular weight excluding hydrogens is 210 g/mol. The number of nitrogens with zero attached hydrogens (tertiary/aromatic N) is 2. The molecule has 98 valence electrons. The van der Waals surface area contributed by atoms with E-state index in [1.807, 2.05) is 0 Å². The molecule has 0 aromatic carbocycles. The summed E-state index contributed by atoms with van der Waals surface area (Å²) in [4.78, 5) is 5.34. The second-order valence-corrected chi connectivity index (χ2v) is 6.47. The van der Waals surface area contributed by atoms with E-state index in [1.54, 1.807) is 0 Å². The summed E-state index contributed by atoms with van der Waals surface area (Å²) < 4.78 is 0. The number of hydrogen-bond acceptors (Lipinski definition) is 3. The molecule has 3 nitrogen and oxygen atoms in total. The van der Waals surface area contributed by atoms with E-state index in [-0.39, 0.29) is 0 Å². The average molecular weight is 237 g/mol. The molecule has 3 heterocycles. The highest BCUT2D eigenvalue weighted by molar-refractivity contribution is 4.99. The lowest BCUT2D eigenvalue weighted by Crippen LogP contribution is -2.54. The van der Waals surface area contributed by atoms with Gasteiger partial charge in [-0.15, -0.1) is 0 Å². The summed E-state index contributed by atoms with van der Waals surface area (Å²) in [6.07, 6.45) is 4.29. The fraction of sp³-hybridized carbons (Fsp3) is 1.00. The zero-order valence-electron chi connectivity index (χ0n) is 11.2. The Balaban J connectivity index is 1.42. The molecule has 0 aromatic heterocycles. The Bertz CT molecular complexity index is 254. The maximum Gasteiger partial charge on any atom is 0.00918 e. The average Bonchev–Trinajstić information content (AvgIpc) is 2.74. The van der Waals surface area contributed by atoms with E-state index in [1.165, 1.54) is 71.6 Å². The third kappa shape index (κ3) is 2.51. The van der Waals surface area contributed by atoms with Crippen LogP contribution in [0.4, 0.5) is 0 Å². The summed E-state index contributed by atoms with van der Waals surface area (Å²) in [6.45, 7) is 12.8. The molecule has 3 rings (SSSR count). The molecule has 1 spiro atoms. The molecule has 0 atom stereocenters. The van der Waals surface area contributed by atoms with E-state index in [2.05, 4.69) is 22.0 Å². The van der Waals surface area contributed by atoms with E-state index < -0.39 is 0 Å². The quantitative estimate of drug-likeness (QED) is 0.790. The van der Waals surface area contributed by atoms with Gasteiger partial charge in [0.2, 0.25) is 0 Å². The Labute approximate surface area is 106 Å². The maximum atomic E-state index is 3.45. The predicted octanol–water partition coefficient (Wildman–Crippen LogP) is 1.01. The van der Waals surface area contributed by atoms with Gasteiger partial charge in [0.25, 0.3) is 0 Å². The topological polar surface area (TPSA) is 18.5 Å².